The van der Waals surface area contributed by atoms with Gasteiger partial charge < -0.3 is 15.0 Å². The maximum Gasteiger partial charge on any atom is 0.248 e. The Balaban J connectivity index is 1.62. The van der Waals surface area contributed by atoms with Gasteiger partial charge in [0.05, 0.1) is 12.6 Å². The molecule has 0 amide bonds. The molecule has 24 heavy (non-hydrogen) atoms. The molecule has 0 radical (unpaired) electrons. The molecule has 4 nitrogen and oxygen atoms in total. The van der Waals surface area contributed by atoms with Crippen molar-refractivity contribution in [3.8, 4) is 5.75 Å². The van der Waals surface area contributed by atoms with Gasteiger partial charge in [0.15, 0.2) is 0 Å². The Morgan fingerprint density at radius 2 is 1.75 bits per heavy atom. The van der Waals surface area contributed by atoms with Gasteiger partial charge in [-0.3, -0.25) is 4.79 Å². The summed E-state index contributed by atoms with van der Waals surface area (Å²) in [5.74, 6) is 0.698. The number of ether oxygens (including phenoxy) is 1. The number of hydrogen-bond acceptors (Lipinski definition) is 3. The van der Waals surface area contributed by atoms with Crippen LogP contribution in [0, 0.1) is 0 Å². The third-order valence-corrected chi connectivity index (χ3v) is 4.17. The quantitative estimate of drug-likeness (QED) is 0.658. The zero-order valence-electron chi connectivity index (χ0n) is 13.8. The summed E-state index contributed by atoms with van der Waals surface area (Å²) in [6.45, 7) is 1.85. The van der Waals surface area contributed by atoms with Gasteiger partial charge in [0.25, 0.3) is 0 Å². The summed E-state index contributed by atoms with van der Waals surface area (Å²) in [4.78, 5) is 14.4. The van der Waals surface area contributed by atoms with E-state index in [-0.39, 0.29) is 5.56 Å². The number of rotatable bonds is 7. The van der Waals surface area contributed by atoms with Crippen LogP contribution in [0.25, 0.3) is 10.9 Å². The second-order valence-corrected chi connectivity index (χ2v) is 5.77. The lowest BCUT2D eigenvalue weighted by Gasteiger charge is -2.11. The molecule has 124 valence electrons. The Morgan fingerprint density at radius 3 is 2.54 bits per heavy atom. The van der Waals surface area contributed by atoms with Gasteiger partial charge >= 0.3 is 0 Å². The van der Waals surface area contributed by atoms with Crippen LogP contribution in [-0.4, -0.2) is 25.2 Å². The smallest absolute Gasteiger partial charge is 0.248 e. The highest BCUT2D eigenvalue weighted by molar-refractivity contribution is 5.87. The number of methoxy groups -OCH3 is 1. The first kappa shape index (κ1) is 16.3. The molecule has 0 saturated heterocycles. The molecule has 0 aliphatic heterocycles. The molecule has 2 aromatic carbocycles. The van der Waals surface area contributed by atoms with Crippen molar-refractivity contribution in [3.63, 3.8) is 0 Å². The average molecular weight is 322 g/mol. The average Bonchev–Trinajstić information content (AvgIpc) is 2.62. The monoisotopic (exact) mass is 322 g/mol. The van der Waals surface area contributed by atoms with Crippen molar-refractivity contribution in [1.29, 1.82) is 0 Å². The van der Waals surface area contributed by atoms with Crippen molar-refractivity contribution in [1.82, 2.24) is 10.3 Å². The minimum atomic E-state index is -0.112. The van der Waals surface area contributed by atoms with E-state index in [1.54, 1.807) is 13.2 Å². The predicted octanol–water partition coefficient (Wildman–Crippen LogP) is 2.91. The third-order valence-electron chi connectivity index (χ3n) is 4.17. The number of pyridine rings is 1. The van der Waals surface area contributed by atoms with E-state index in [1.165, 1.54) is 11.1 Å². The van der Waals surface area contributed by atoms with Crippen molar-refractivity contribution < 1.29 is 4.74 Å². The molecule has 0 aliphatic rings. The molecule has 1 aromatic heterocycles. The zero-order valence-corrected chi connectivity index (χ0v) is 13.8. The van der Waals surface area contributed by atoms with Crippen LogP contribution in [0.5, 0.6) is 5.75 Å². The molecular weight excluding hydrogens is 300 g/mol. The summed E-state index contributed by atoms with van der Waals surface area (Å²) in [5.41, 5.74) is 3.21. The Labute approximate surface area is 141 Å². The van der Waals surface area contributed by atoms with E-state index in [0.717, 1.165) is 36.8 Å². The molecule has 1 heterocycles. The highest BCUT2D eigenvalue weighted by Gasteiger charge is 2.07. The number of hydrogen-bond donors (Lipinski definition) is 2. The largest absolute Gasteiger partial charge is 0.495 e. The van der Waals surface area contributed by atoms with Crippen LogP contribution < -0.4 is 15.6 Å². The number of fused-ring (bicyclic) bond motifs is 1. The van der Waals surface area contributed by atoms with Gasteiger partial charge in [0, 0.05) is 11.5 Å². The Morgan fingerprint density at radius 1 is 0.958 bits per heavy atom. The minimum Gasteiger partial charge on any atom is -0.495 e. The van der Waals surface area contributed by atoms with Crippen molar-refractivity contribution >= 4 is 10.9 Å². The first-order chi connectivity index (χ1) is 11.8. The van der Waals surface area contributed by atoms with Gasteiger partial charge in [-0.1, -0.05) is 36.4 Å². The Bertz CT molecular complexity index is 856. The maximum atomic E-state index is 11.6. The highest BCUT2D eigenvalue weighted by atomic mass is 16.5. The summed E-state index contributed by atoms with van der Waals surface area (Å²) in [7, 11) is 1.62. The van der Waals surface area contributed by atoms with E-state index in [4.69, 9.17) is 4.74 Å². The molecule has 0 atom stereocenters. The van der Waals surface area contributed by atoms with Gasteiger partial charge in [-0.2, -0.15) is 0 Å². The second-order valence-electron chi connectivity index (χ2n) is 5.77. The van der Waals surface area contributed by atoms with Crippen molar-refractivity contribution in [2.75, 3.05) is 20.2 Å². The lowest BCUT2D eigenvalue weighted by atomic mass is 10.0. The molecular formula is C20H22N2O2. The van der Waals surface area contributed by atoms with Crippen molar-refractivity contribution in [3.05, 3.63) is 76.1 Å². The van der Waals surface area contributed by atoms with E-state index >= 15 is 0 Å². The maximum absolute atomic E-state index is 11.6. The van der Waals surface area contributed by atoms with Gasteiger partial charge in [0.2, 0.25) is 5.56 Å². The molecule has 0 aliphatic carbocycles. The number of aromatic amines is 1. The molecule has 3 rings (SSSR count). The van der Waals surface area contributed by atoms with E-state index < -0.39 is 0 Å². The third kappa shape index (κ3) is 3.84. The van der Waals surface area contributed by atoms with Gasteiger partial charge in [-0.05, 0) is 49.2 Å². The zero-order chi connectivity index (χ0) is 16.8. The van der Waals surface area contributed by atoms with Crippen LogP contribution in [0.15, 0.2) is 59.4 Å². The van der Waals surface area contributed by atoms with Crippen molar-refractivity contribution in [2.24, 2.45) is 0 Å². The first-order valence-electron chi connectivity index (χ1n) is 8.21. The SMILES string of the molecule is COc1ccc(CCNCCc2ccccc2)c2ccc(=O)[nH]c12. The normalized spacial score (nSPS) is 10.9. The van der Waals surface area contributed by atoms with Crippen molar-refractivity contribution in [2.45, 2.75) is 12.8 Å². The van der Waals surface area contributed by atoms with E-state index in [2.05, 4.69) is 40.6 Å². The summed E-state index contributed by atoms with van der Waals surface area (Å²) in [5, 5.41) is 4.52. The lowest BCUT2D eigenvalue weighted by Crippen LogP contribution is -2.20. The van der Waals surface area contributed by atoms with E-state index in [0.29, 0.717) is 5.75 Å². The first-order valence-corrected chi connectivity index (χ1v) is 8.21. The number of H-pyrrole nitrogens is 1. The molecule has 0 spiro atoms. The molecule has 0 bridgehead atoms. The fourth-order valence-electron chi connectivity index (χ4n) is 2.90. The van der Waals surface area contributed by atoms with Crippen LogP contribution in [0.4, 0.5) is 0 Å². The number of aromatic nitrogens is 1. The van der Waals surface area contributed by atoms with Gasteiger partial charge in [-0.25, -0.2) is 0 Å². The summed E-state index contributed by atoms with van der Waals surface area (Å²) in [6, 6.07) is 17.9. The van der Waals surface area contributed by atoms with Crippen LogP contribution in [0.1, 0.15) is 11.1 Å². The van der Waals surface area contributed by atoms with E-state index in [1.807, 2.05) is 18.2 Å². The van der Waals surface area contributed by atoms with Gasteiger partial charge in [0.1, 0.15) is 5.75 Å². The topological polar surface area (TPSA) is 54.1 Å². The number of nitrogens with one attached hydrogen (secondary N) is 2. The molecule has 0 saturated carbocycles. The molecule has 3 aromatic rings. The fourth-order valence-corrected chi connectivity index (χ4v) is 2.90. The fraction of sp³-hybridized carbons (Fsp3) is 0.250. The van der Waals surface area contributed by atoms with Crippen LogP contribution in [0.3, 0.4) is 0 Å². The highest BCUT2D eigenvalue weighted by Crippen LogP contribution is 2.25. The minimum absolute atomic E-state index is 0.112. The summed E-state index contributed by atoms with van der Waals surface area (Å²) in [6.07, 6.45) is 1.93. The Hall–Kier alpha value is -2.59. The molecule has 0 unspecified atom stereocenters. The number of benzene rings is 2. The lowest BCUT2D eigenvalue weighted by molar-refractivity contribution is 0.418. The summed E-state index contributed by atoms with van der Waals surface area (Å²) < 4.78 is 5.34. The van der Waals surface area contributed by atoms with Crippen LogP contribution >= 0.6 is 0 Å². The molecule has 2 N–H and O–H groups in total. The predicted molar refractivity (Wildman–Crippen MR) is 97.8 cm³/mol. The Kier molecular flexibility index (Phi) is 5.29. The van der Waals surface area contributed by atoms with Crippen LogP contribution in [0.2, 0.25) is 0 Å². The molecule has 4 heteroatoms. The standard InChI is InChI=1S/C20H22N2O2/c1-24-18-9-7-16(17-8-10-19(23)22-20(17)18)12-14-21-13-11-15-5-3-2-4-6-15/h2-10,21H,11-14H2,1H3,(H,22,23). The second kappa shape index (κ2) is 7.79. The van der Waals surface area contributed by atoms with E-state index in [9.17, 15) is 4.79 Å². The van der Waals surface area contributed by atoms with Gasteiger partial charge in [-0.15, -0.1) is 0 Å². The molecule has 0 fully saturated rings. The van der Waals surface area contributed by atoms with Crippen LogP contribution in [-0.2, 0) is 12.8 Å². The summed E-state index contributed by atoms with van der Waals surface area (Å²) >= 11 is 0.